The first-order chi connectivity index (χ1) is 10.1. The fraction of sp³-hybridized carbons (Fsp3) is 0.556. The number of ether oxygens (including phenoxy) is 1. The molecular formula is C18H24O2S. The average molecular weight is 304 g/mol. The van der Waals surface area contributed by atoms with Crippen molar-refractivity contribution < 1.29 is 8.95 Å². The van der Waals surface area contributed by atoms with E-state index in [1.54, 1.807) is 0 Å². The molecular weight excluding hydrogens is 280 g/mol. The maximum atomic E-state index is 12.9. The minimum atomic E-state index is -0.924. The normalized spacial score (nSPS) is 35.6. The Morgan fingerprint density at radius 2 is 2.10 bits per heavy atom. The van der Waals surface area contributed by atoms with Gasteiger partial charge in [-0.1, -0.05) is 31.2 Å². The van der Waals surface area contributed by atoms with Crippen molar-refractivity contribution in [3.63, 3.8) is 0 Å². The molecule has 4 atom stereocenters. The molecule has 1 aromatic rings. The topological polar surface area (TPSA) is 29.6 Å². The molecule has 0 aromatic heterocycles. The summed E-state index contributed by atoms with van der Waals surface area (Å²) in [4.78, 5) is 0.956. The lowest BCUT2D eigenvalue weighted by molar-refractivity contribution is 0.328. The molecule has 21 heavy (non-hydrogen) atoms. The van der Waals surface area contributed by atoms with E-state index in [1.165, 1.54) is 5.57 Å². The van der Waals surface area contributed by atoms with E-state index in [0.717, 1.165) is 37.0 Å². The highest BCUT2D eigenvalue weighted by Crippen LogP contribution is 2.49. The van der Waals surface area contributed by atoms with Gasteiger partial charge in [0.25, 0.3) is 0 Å². The van der Waals surface area contributed by atoms with Crippen LogP contribution in [0.15, 0.2) is 46.9 Å². The molecule has 1 saturated carbocycles. The molecule has 1 unspecified atom stereocenters. The largest absolute Gasteiger partial charge is 0.362 e. The van der Waals surface area contributed by atoms with Gasteiger partial charge in [0, 0.05) is 10.1 Å². The van der Waals surface area contributed by atoms with Crippen molar-refractivity contribution in [1.29, 1.82) is 0 Å². The number of epoxide rings is 1. The van der Waals surface area contributed by atoms with E-state index in [2.05, 4.69) is 19.9 Å². The summed E-state index contributed by atoms with van der Waals surface area (Å²) in [5.74, 6) is 0. The molecule has 0 amide bonds. The quantitative estimate of drug-likeness (QED) is 0.618. The zero-order chi connectivity index (χ0) is 14.9. The Morgan fingerprint density at radius 1 is 1.33 bits per heavy atom. The fourth-order valence-corrected chi connectivity index (χ4v) is 4.94. The zero-order valence-electron chi connectivity index (χ0n) is 12.9. The van der Waals surface area contributed by atoms with Crippen LogP contribution >= 0.6 is 0 Å². The molecule has 0 spiro atoms. The number of benzene rings is 1. The third-order valence-corrected chi connectivity index (χ3v) is 6.50. The molecule has 2 aliphatic rings. The third-order valence-electron chi connectivity index (χ3n) is 4.75. The van der Waals surface area contributed by atoms with Gasteiger partial charge in [0.2, 0.25) is 0 Å². The predicted molar refractivity (Wildman–Crippen MR) is 86.8 cm³/mol. The summed E-state index contributed by atoms with van der Waals surface area (Å²) in [6.07, 6.45) is 7.84. The van der Waals surface area contributed by atoms with E-state index in [9.17, 15) is 4.21 Å². The molecule has 1 aliphatic heterocycles. The van der Waals surface area contributed by atoms with Crippen LogP contribution in [0.1, 0.15) is 46.0 Å². The Balaban J connectivity index is 1.82. The van der Waals surface area contributed by atoms with Crippen LogP contribution < -0.4 is 0 Å². The summed E-state index contributed by atoms with van der Waals surface area (Å²) in [5.41, 5.74) is 1.29. The van der Waals surface area contributed by atoms with Gasteiger partial charge in [-0.2, -0.15) is 0 Å². The van der Waals surface area contributed by atoms with E-state index < -0.39 is 10.8 Å². The van der Waals surface area contributed by atoms with Crippen molar-refractivity contribution in [3.8, 4) is 0 Å². The van der Waals surface area contributed by atoms with Crippen LogP contribution in [0.3, 0.4) is 0 Å². The van der Waals surface area contributed by atoms with Crippen LogP contribution in [0.2, 0.25) is 0 Å². The lowest BCUT2D eigenvalue weighted by atomic mass is 9.87. The van der Waals surface area contributed by atoms with Crippen LogP contribution in [0.5, 0.6) is 0 Å². The second-order valence-corrected chi connectivity index (χ2v) is 7.95. The molecule has 2 fully saturated rings. The first kappa shape index (κ1) is 15.0. The maximum Gasteiger partial charge on any atom is 0.113 e. The van der Waals surface area contributed by atoms with Gasteiger partial charge in [-0.05, 0) is 56.7 Å². The Labute approximate surface area is 130 Å². The van der Waals surface area contributed by atoms with Crippen LogP contribution in [0.25, 0.3) is 0 Å². The van der Waals surface area contributed by atoms with Gasteiger partial charge in [0.05, 0.1) is 16.9 Å². The summed E-state index contributed by atoms with van der Waals surface area (Å²) in [7, 11) is -0.924. The summed E-state index contributed by atoms with van der Waals surface area (Å²) >= 11 is 0. The molecule has 0 bridgehead atoms. The molecule has 2 nitrogen and oxygen atoms in total. The van der Waals surface area contributed by atoms with Gasteiger partial charge in [-0.15, -0.1) is 0 Å². The van der Waals surface area contributed by atoms with Crippen molar-refractivity contribution in [2.75, 3.05) is 0 Å². The van der Waals surface area contributed by atoms with Gasteiger partial charge in [-0.3, -0.25) is 4.21 Å². The second kappa shape index (κ2) is 6.05. The van der Waals surface area contributed by atoms with Crippen LogP contribution in [-0.4, -0.2) is 21.2 Å². The standard InChI is InChI=1S/C18H24O2S/c1-3-8-14-13-16(11-7-12-17-18(14,2)20-17)21(19)15-9-5-4-6-10-15/h4-6,8-10,16-17H,3,7,11-13H2,1-2H3/b14-8+/t16-,17-,18+,21?/m0/s1. The van der Waals surface area contributed by atoms with Gasteiger partial charge in [0.1, 0.15) is 5.60 Å². The molecule has 0 N–H and O–H groups in total. The summed E-state index contributed by atoms with van der Waals surface area (Å²) in [5, 5.41) is 0.215. The van der Waals surface area contributed by atoms with Gasteiger partial charge < -0.3 is 4.74 Å². The Hall–Kier alpha value is -0.930. The van der Waals surface area contributed by atoms with E-state index in [4.69, 9.17) is 4.74 Å². The monoisotopic (exact) mass is 304 g/mol. The van der Waals surface area contributed by atoms with Crippen molar-refractivity contribution in [1.82, 2.24) is 0 Å². The second-order valence-electron chi connectivity index (χ2n) is 6.22. The Morgan fingerprint density at radius 3 is 2.81 bits per heavy atom. The number of rotatable bonds is 3. The molecule has 114 valence electrons. The fourth-order valence-electron chi connectivity index (χ4n) is 3.42. The minimum absolute atomic E-state index is 0.0738. The van der Waals surface area contributed by atoms with Crippen LogP contribution in [0.4, 0.5) is 0 Å². The smallest absolute Gasteiger partial charge is 0.113 e. The number of hydrogen-bond donors (Lipinski definition) is 0. The number of hydrogen-bond acceptors (Lipinski definition) is 2. The highest BCUT2D eigenvalue weighted by Gasteiger charge is 2.55. The van der Waals surface area contributed by atoms with Crippen LogP contribution in [0, 0.1) is 0 Å². The van der Waals surface area contributed by atoms with E-state index in [-0.39, 0.29) is 10.9 Å². The number of allylic oxidation sites excluding steroid dienone is 1. The van der Waals surface area contributed by atoms with Crippen LogP contribution in [-0.2, 0) is 15.5 Å². The molecule has 1 aliphatic carbocycles. The van der Waals surface area contributed by atoms with Crippen molar-refractivity contribution in [2.24, 2.45) is 0 Å². The van der Waals surface area contributed by atoms with Crippen molar-refractivity contribution in [3.05, 3.63) is 42.0 Å². The maximum absolute atomic E-state index is 12.9. The molecule has 1 saturated heterocycles. The first-order valence-corrected chi connectivity index (χ1v) is 9.19. The average Bonchev–Trinajstić information content (AvgIpc) is 3.15. The zero-order valence-corrected chi connectivity index (χ0v) is 13.7. The Kier molecular flexibility index (Phi) is 4.32. The Bertz CT molecular complexity index is 552. The molecule has 3 heteroatoms. The van der Waals surface area contributed by atoms with Gasteiger partial charge in [0.15, 0.2) is 0 Å². The highest BCUT2D eigenvalue weighted by molar-refractivity contribution is 7.85. The lowest BCUT2D eigenvalue weighted by Gasteiger charge is -2.23. The van der Waals surface area contributed by atoms with Gasteiger partial charge >= 0.3 is 0 Å². The third kappa shape index (κ3) is 3.00. The van der Waals surface area contributed by atoms with E-state index >= 15 is 0 Å². The summed E-state index contributed by atoms with van der Waals surface area (Å²) in [6, 6.07) is 9.89. The van der Waals surface area contributed by atoms with E-state index in [0.29, 0.717) is 6.10 Å². The molecule has 0 radical (unpaired) electrons. The number of fused-ring (bicyclic) bond motifs is 1. The molecule has 1 aromatic carbocycles. The van der Waals surface area contributed by atoms with Gasteiger partial charge in [-0.25, -0.2) is 0 Å². The minimum Gasteiger partial charge on any atom is -0.362 e. The lowest BCUT2D eigenvalue weighted by Crippen LogP contribution is -2.25. The molecule has 3 rings (SSSR count). The first-order valence-electron chi connectivity index (χ1n) is 7.98. The molecule has 1 heterocycles. The summed E-state index contributed by atoms with van der Waals surface area (Å²) in [6.45, 7) is 4.36. The van der Waals surface area contributed by atoms with Crippen molar-refractivity contribution >= 4 is 10.8 Å². The highest BCUT2D eigenvalue weighted by atomic mass is 32.2. The van der Waals surface area contributed by atoms with Crippen molar-refractivity contribution in [2.45, 2.75) is 67.8 Å². The van der Waals surface area contributed by atoms with E-state index in [1.807, 2.05) is 30.3 Å². The predicted octanol–water partition coefficient (Wildman–Crippen LogP) is 4.23. The SMILES string of the molecule is CC/C=C1\C[C@@H](S(=O)c2ccccc2)CCC[C@@H]2O[C@]12C. The summed E-state index contributed by atoms with van der Waals surface area (Å²) < 4.78 is 18.8.